The maximum Gasteiger partial charge on any atom is 0.154 e. The van der Waals surface area contributed by atoms with E-state index in [0.29, 0.717) is 0 Å². The van der Waals surface area contributed by atoms with Crippen LogP contribution >= 0.6 is 0 Å². The molecule has 1 aliphatic heterocycles. The predicted molar refractivity (Wildman–Crippen MR) is 131 cm³/mol. The number of allylic oxidation sites excluding steroid dienone is 2. The minimum absolute atomic E-state index is 1.05. The Labute approximate surface area is 179 Å². The first-order chi connectivity index (χ1) is 14.9. The molecule has 0 aliphatic carbocycles. The fourth-order valence-corrected chi connectivity index (χ4v) is 9.91. The second-order valence-corrected chi connectivity index (χ2v) is 11.6. The summed E-state index contributed by atoms with van der Waals surface area (Å²) in [7, 11) is -2.27. The van der Waals surface area contributed by atoms with Crippen molar-refractivity contribution in [1.82, 2.24) is 0 Å². The minimum Gasteiger partial charge on any atom is -0.0624 e. The van der Waals surface area contributed by atoms with Gasteiger partial charge in [0.1, 0.15) is 0 Å². The second kappa shape index (κ2) is 8.14. The molecule has 0 aromatic heterocycles. The van der Waals surface area contributed by atoms with Crippen LogP contribution < -0.4 is 5.19 Å². The Morgan fingerprint density at radius 2 is 0.833 bits per heavy atom. The van der Waals surface area contributed by atoms with Crippen molar-refractivity contribution in [2.45, 2.75) is 6.04 Å². The molecule has 1 heterocycles. The average Bonchev–Trinajstić information content (AvgIpc) is 3.21. The molecule has 1 aliphatic rings. The SMILES string of the molecule is C1=C(c2ccccc2)[Si](Cc2ccccc2)(c2ccccc2)C(c2ccccc2)=C1. The zero-order valence-electron chi connectivity index (χ0n) is 16.9. The van der Waals surface area contributed by atoms with Gasteiger partial charge >= 0.3 is 0 Å². The Kier molecular flexibility index (Phi) is 5.04. The van der Waals surface area contributed by atoms with Gasteiger partial charge in [0.15, 0.2) is 8.07 Å². The highest BCUT2D eigenvalue weighted by atomic mass is 28.3. The summed E-state index contributed by atoms with van der Waals surface area (Å²) < 4.78 is 0. The molecule has 1 heteroatoms. The van der Waals surface area contributed by atoms with E-state index in [1.165, 1.54) is 32.3 Å². The van der Waals surface area contributed by atoms with Crippen LogP contribution in [0.25, 0.3) is 10.4 Å². The number of hydrogen-bond acceptors (Lipinski definition) is 0. The third-order valence-electron chi connectivity index (χ3n) is 6.08. The van der Waals surface area contributed by atoms with Crippen molar-refractivity contribution in [3.05, 3.63) is 150 Å². The standard InChI is InChI=1S/C29H24Si/c1-5-13-24(14-6-1)23-30(27-19-11-4-12-20-27)28(25-15-7-2-8-16-25)21-22-29(30)26-17-9-3-10-18-26/h1-22H,23H2. The van der Waals surface area contributed by atoms with E-state index in [2.05, 4.69) is 133 Å². The van der Waals surface area contributed by atoms with Gasteiger partial charge in [0.25, 0.3) is 0 Å². The maximum atomic E-state index is 2.39. The van der Waals surface area contributed by atoms with Gasteiger partial charge in [-0.05, 0) is 38.3 Å². The Hall–Kier alpha value is -3.42. The smallest absolute Gasteiger partial charge is 0.0624 e. The number of benzene rings is 4. The monoisotopic (exact) mass is 400 g/mol. The van der Waals surface area contributed by atoms with E-state index < -0.39 is 8.07 Å². The van der Waals surface area contributed by atoms with Gasteiger partial charge in [-0.2, -0.15) is 0 Å². The summed E-state index contributed by atoms with van der Waals surface area (Å²) in [5.41, 5.74) is 4.08. The Balaban J connectivity index is 1.77. The summed E-state index contributed by atoms with van der Waals surface area (Å²) in [5.74, 6) is 0. The first-order valence-corrected chi connectivity index (χ1v) is 12.7. The Bertz CT molecular complexity index is 1120. The molecule has 0 N–H and O–H groups in total. The highest BCUT2D eigenvalue weighted by Crippen LogP contribution is 2.43. The lowest BCUT2D eigenvalue weighted by Gasteiger charge is -2.35. The summed E-state index contributed by atoms with van der Waals surface area (Å²) >= 11 is 0. The zero-order chi connectivity index (χ0) is 20.2. The van der Waals surface area contributed by atoms with Gasteiger partial charge in [-0.15, -0.1) is 0 Å². The minimum atomic E-state index is -2.27. The van der Waals surface area contributed by atoms with E-state index in [4.69, 9.17) is 0 Å². The van der Waals surface area contributed by atoms with E-state index >= 15 is 0 Å². The average molecular weight is 401 g/mol. The summed E-state index contributed by atoms with van der Waals surface area (Å²) in [6.45, 7) is 0. The fourth-order valence-electron chi connectivity index (χ4n) is 4.75. The molecule has 0 spiro atoms. The Morgan fingerprint density at radius 1 is 0.433 bits per heavy atom. The van der Waals surface area contributed by atoms with Crippen molar-refractivity contribution in [3.63, 3.8) is 0 Å². The van der Waals surface area contributed by atoms with Crippen LogP contribution in [0.4, 0.5) is 0 Å². The lowest BCUT2D eigenvalue weighted by atomic mass is 10.2. The van der Waals surface area contributed by atoms with E-state index in [0.717, 1.165) is 6.04 Å². The molecule has 0 unspecified atom stereocenters. The maximum absolute atomic E-state index is 2.39. The molecular weight excluding hydrogens is 376 g/mol. The van der Waals surface area contributed by atoms with Crippen LogP contribution in [0.3, 0.4) is 0 Å². The van der Waals surface area contributed by atoms with Crippen LogP contribution in [0, 0.1) is 0 Å². The number of hydrogen-bond donors (Lipinski definition) is 0. The lowest BCUT2D eigenvalue weighted by Crippen LogP contribution is -2.52. The fraction of sp³-hybridized carbons (Fsp3) is 0.0345. The summed E-state index contributed by atoms with van der Waals surface area (Å²) in [5, 5.41) is 4.46. The summed E-state index contributed by atoms with van der Waals surface area (Å²) in [6, 6.07) is 45.1. The van der Waals surface area contributed by atoms with Crippen molar-refractivity contribution in [2.24, 2.45) is 0 Å². The van der Waals surface area contributed by atoms with Crippen molar-refractivity contribution in [2.75, 3.05) is 0 Å². The van der Waals surface area contributed by atoms with Crippen LogP contribution in [-0.4, -0.2) is 8.07 Å². The predicted octanol–water partition coefficient (Wildman–Crippen LogP) is 6.38. The molecule has 5 rings (SSSR count). The number of rotatable bonds is 5. The molecule has 144 valence electrons. The van der Waals surface area contributed by atoms with Gasteiger partial charge < -0.3 is 0 Å². The lowest BCUT2D eigenvalue weighted by molar-refractivity contribution is 1.35. The zero-order valence-corrected chi connectivity index (χ0v) is 17.9. The third-order valence-corrected chi connectivity index (χ3v) is 11.1. The molecule has 0 radical (unpaired) electrons. The van der Waals surface area contributed by atoms with Crippen LogP contribution in [0.5, 0.6) is 0 Å². The van der Waals surface area contributed by atoms with Crippen molar-refractivity contribution in [1.29, 1.82) is 0 Å². The van der Waals surface area contributed by atoms with Crippen molar-refractivity contribution in [3.8, 4) is 0 Å². The van der Waals surface area contributed by atoms with E-state index in [-0.39, 0.29) is 0 Å². The largest absolute Gasteiger partial charge is 0.154 e. The molecule has 0 saturated carbocycles. The molecular formula is C29H24Si. The van der Waals surface area contributed by atoms with Crippen LogP contribution in [0.2, 0.25) is 0 Å². The van der Waals surface area contributed by atoms with Gasteiger partial charge in [0.05, 0.1) is 0 Å². The topological polar surface area (TPSA) is 0 Å². The van der Waals surface area contributed by atoms with Crippen LogP contribution in [0.15, 0.2) is 133 Å². The molecule has 0 nitrogen and oxygen atoms in total. The first-order valence-electron chi connectivity index (χ1n) is 10.5. The Morgan fingerprint density at radius 3 is 1.30 bits per heavy atom. The van der Waals surface area contributed by atoms with Gasteiger partial charge in [0, 0.05) is 0 Å². The molecule has 0 amide bonds. The van der Waals surface area contributed by atoms with Crippen molar-refractivity contribution < 1.29 is 0 Å². The first kappa shape index (κ1) is 18.6. The van der Waals surface area contributed by atoms with E-state index in [1.807, 2.05) is 0 Å². The van der Waals surface area contributed by atoms with Gasteiger partial charge in [-0.1, -0.05) is 133 Å². The van der Waals surface area contributed by atoms with E-state index in [9.17, 15) is 0 Å². The molecule has 0 saturated heterocycles. The van der Waals surface area contributed by atoms with Gasteiger partial charge in [-0.25, -0.2) is 0 Å². The highest BCUT2D eigenvalue weighted by molar-refractivity contribution is 7.18. The normalized spacial score (nSPS) is 14.8. The third kappa shape index (κ3) is 3.28. The molecule has 0 atom stereocenters. The van der Waals surface area contributed by atoms with Crippen LogP contribution in [-0.2, 0) is 6.04 Å². The molecule has 30 heavy (non-hydrogen) atoms. The summed E-state index contributed by atoms with van der Waals surface area (Å²) in [6.07, 6.45) is 4.78. The summed E-state index contributed by atoms with van der Waals surface area (Å²) in [4.78, 5) is 0. The molecule has 0 fully saturated rings. The molecule has 4 aromatic rings. The van der Waals surface area contributed by atoms with Gasteiger partial charge in [0.2, 0.25) is 0 Å². The highest BCUT2D eigenvalue weighted by Gasteiger charge is 2.45. The molecule has 0 bridgehead atoms. The van der Waals surface area contributed by atoms with Crippen LogP contribution in [0.1, 0.15) is 16.7 Å². The molecule has 4 aromatic carbocycles. The van der Waals surface area contributed by atoms with Gasteiger partial charge in [-0.3, -0.25) is 0 Å². The van der Waals surface area contributed by atoms with Crippen molar-refractivity contribution >= 4 is 23.7 Å². The van der Waals surface area contributed by atoms with E-state index in [1.54, 1.807) is 0 Å². The second-order valence-electron chi connectivity index (χ2n) is 7.83. The quantitative estimate of drug-likeness (QED) is 0.341.